The number of aliphatic hydroxyl groups is 1. The number of benzene rings is 1. The number of nitrogens with zero attached hydrogens (tertiary/aromatic N) is 2. The Morgan fingerprint density at radius 3 is 2.83 bits per heavy atom. The normalized spacial score (nSPS) is 22.2. The van der Waals surface area contributed by atoms with Gasteiger partial charge in [0.05, 0.1) is 17.7 Å². The maximum absolute atomic E-state index is 13.1. The van der Waals surface area contributed by atoms with Gasteiger partial charge in [-0.2, -0.15) is 0 Å². The van der Waals surface area contributed by atoms with Gasteiger partial charge >= 0.3 is 0 Å². The maximum Gasteiger partial charge on any atom is 0.159 e. The first kappa shape index (κ1) is 11.7. The summed E-state index contributed by atoms with van der Waals surface area (Å²) in [7, 11) is 0. The highest BCUT2D eigenvalue weighted by molar-refractivity contribution is 8.00. The van der Waals surface area contributed by atoms with E-state index < -0.39 is 17.7 Å². The Balaban J connectivity index is 1.87. The average Bonchev–Trinajstić information content (AvgIpc) is 2.93. The summed E-state index contributed by atoms with van der Waals surface area (Å²) in [6, 6.07) is 2.22. The molecule has 0 saturated carbocycles. The van der Waals surface area contributed by atoms with Crippen molar-refractivity contribution >= 4 is 11.8 Å². The SMILES string of the molecule is O[C@H]1c2cc(F)c(F)cc2S[C@H]1Cn1ccnc1. The molecule has 0 saturated heterocycles. The summed E-state index contributed by atoms with van der Waals surface area (Å²) in [6.45, 7) is 0.545. The lowest BCUT2D eigenvalue weighted by Gasteiger charge is -2.14. The topological polar surface area (TPSA) is 38.0 Å². The summed E-state index contributed by atoms with van der Waals surface area (Å²) in [5.74, 6) is -1.80. The lowest BCUT2D eigenvalue weighted by atomic mass is 10.1. The molecule has 0 aliphatic carbocycles. The molecular formula is C12H10F2N2OS. The van der Waals surface area contributed by atoms with Gasteiger partial charge in [-0.3, -0.25) is 0 Å². The van der Waals surface area contributed by atoms with Crippen molar-refractivity contribution < 1.29 is 13.9 Å². The van der Waals surface area contributed by atoms with Crippen LogP contribution in [-0.2, 0) is 6.54 Å². The van der Waals surface area contributed by atoms with Crippen LogP contribution >= 0.6 is 11.8 Å². The van der Waals surface area contributed by atoms with Crippen molar-refractivity contribution in [1.29, 1.82) is 0 Å². The van der Waals surface area contributed by atoms with E-state index in [1.807, 2.05) is 4.57 Å². The number of imidazole rings is 1. The number of fused-ring (bicyclic) bond motifs is 1. The van der Waals surface area contributed by atoms with E-state index in [1.165, 1.54) is 11.8 Å². The molecule has 3 nitrogen and oxygen atoms in total. The summed E-state index contributed by atoms with van der Waals surface area (Å²) < 4.78 is 28.1. The first-order valence-electron chi connectivity index (χ1n) is 5.44. The molecule has 0 bridgehead atoms. The largest absolute Gasteiger partial charge is 0.387 e. The second-order valence-corrected chi connectivity index (χ2v) is 5.45. The molecule has 2 atom stereocenters. The number of aromatic nitrogens is 2. The number of halogens is 2. The standard InChI is InChI=1S/C12H10F2N2OS/c13-8-3-7-10(4-9(8)14)18-11(12(7)17)5-16-2-1-15-6-16/h1-4,6,11-12,17H,5H2/t11-,12-/m0/s1. The van der Waals surface area contributed by atoms with Gasteiger partial charge in [0.2, 0.25) is 0 Å². The van der Waals surface area contributed by atoms with Crippen LogP contribution in [-0.4, -0.2) is 19.9 Å². The third kappa shape index (κ3) is 1.91. The number of thioether (sulfide) groups is 1. The quantitative estimate of drug-likeness (QED) is 0.908. The molecule has 6 heteroatoms. The van der Waals surface area contributed by atoms with Crippen LogP contribution in [0.3, 0.4) is 0 Å². The molecule has 18 heavy (non-hydrogen) atoms. The highest BCUT2D eigenvalue weighted by Crippen LogP contribution is 2.45. The van der Waals surface area contributed by atoms with Gasteiger partial charge in [0.15, 0.2) is 11.6 Å². The number of hydrogen-bond acceptors (Lipinski definition) is 3. The first-order chi connectivity index (χ1) is 8.65. The third-order valence-electron chi connectivity index (χ3n) is 2.95. The molecule has 0 radical (unpaired) electrons. The molecule has 1 N–H and O–H groups in total. The minimum Gasteiger partial charge on any atom is -0.387 e. The van der Waals surface area contributed by atoms with Gasteiger partial charge in [-0.15, -0.1) is 11.8 Å². The smallest absolute Gasteiger partial charge is 0.159 e. The summed E-state index contributed by atoms with van der Waals surface area (Å²) in [5, 5.41) is 9.95. The maximum atomic E-state index is 13.1. The predicted octanol–water partition coefficient (Wildman–Crippen LogP) is 2.37. The van der Waals surface area contributed by atoms with Crippen LogP contribution in [0, 0.1) is 11.6 Å². The van der Waals surface area contributed by atoms with E-state index in [4.69, 9.17) is 0 Å². The third-order valence-corrected chi connectivity index (χ3v) is 4.27. The van der Waals surface area contributed by atoms with Crippen LogP contribution in [0.25, 0.3) is 0 Å². The van der Waals surface area contributed by atoms with Crippen molar-refractivity contribution in [2.24, 2.45) is 0 Å². The Labute approximate surface area is 106 Å². The van der Waals surface area contributed by atoms with E-state index in [0.29, 0.717) is 17.0 Å². The van der Waals surface area contributed by atoms with Crippen LogP contribution in [0.4, 0.5) is 8.78 Å². The van der Waals surface area contributed by atoms with E-state index in [2.05, 4.69) is 4.98 Å². The van der Waals surface area contributed by atoms with Crippen molar-refractivity contribution in [1.82, 2.24) is 9.55 Å². The average molecular weight is 268 g/mol. The van der Waals surface area contributed by atoms with Gasteiger partial charge in [-0.25, -0.2) is 13.8 Å². The Kier molecular flexibility index (Phi) is 2.83. The van der Waals surface area contributed by atoms with Crippen LogP contribution in [0.2, 0.25) is 0 Å². The fraction of sp³-hybridized carbons (Fsp3) is 0.250. The summed E-state index contributed by atoms with van der Waals surface area (Å²) >= 11 is 1.36. The molecule has 2 aromatic rings. The Morgan fingerprint density at radius 2 is 2.11 bits per heavy atom. The second kappa shape index (κ2) is 4.37. The number of rotatable bonds is 2. The Bertz CT molecular complexity index is 574. The van der Waals surface area contributed by atoms with Crippen molar-refractivity contribution in [3.05, 3.63) is 48.1 Å². The van der Waals surface area contributed by atoms with Crippen molar-refractivity contribution in [3.8, 4) is 0 Å². The molecule has 1 aliphatic heterocycles. The van der Waals surface area contributed by atoms with Crippen molar-refractivity contribution in [2.45, 2.75) is 22.8 Å². The van der Waals surface area contributed by atoms with Crippen molar-refractivity contribution in [2.75, 3.05) is 0 Å². The zero-order valence-electron chi connectivity index (χ0n) is 9.25. The highest BCUT2D eigenvalue weighted by Gasteiger charge is 2.33. The van der Waals surface area contributed by atoms with Crippen LogP contribution in [0.1, 0.15) is 11.7 Å². The molecule has 2 heterocycles. The molecular weight excluding hydrogens is 258 g/mol. The lowest BCUT2D eigenvalue weighted by Crippen LogP contribution is -2.16. The van der Waals surface area contributed by atoms with Crippen LogP contribution in [0.5, 0.6) is 0 Å². The van der Waals surface area contributed by atoms with E-state index in [9.17, 15) is 13.9 Å². The fourth-order valence-corrected chi connectivity index (χ4v) is 3.38. The molecule has 1 aromatic heterocycles. The molecule has 0 spiro atoms. The van der Waals surface area contributed by atoms with Gasteiger partial charge in [0, 0.05) is 23.8 Å². The van der Waals surface area contributed by atoms with E-state index in [-0.39, 0.29) is 5.25 Å². The van der Waals surface area contributed by atoms with E-state index in [1.54, 1.807) is 18.7 Å². The Hall–Kier alpha value is -1.40. The monoisotopic (exact) mass is 268 g/mol. The lowest BCUT2D eigenvalue weighted by molar-refractivity contribution is 0.169. The van der Waals surface area contributed by atoms with E-state index in [0.717, 1.165) is 12.1 Å². The highest BCUT2D eigenvalue weighted by atomic mass is 32.2. The molecule has 3 rings (SSSR count). The Morgan fingerprint density at radius 1 is 1.33 bits per heavy atom. The van der Waals surface area contributed by atoms with Gasteiger partial charge < -0.3 is 9.67 Å². The minimum absolute atomic E-state index is 0.157. The first-order valence-corrected chi connectivity index (χ1v) is 6.32. The second-order valence-electron chi connectivity index (χ2n) is 4.16. The summed E-state index contributed by atoms with van der Waals surface area (Å²) in [4.78, 5) is 4.52. The molecule has 0 unspecified atom stereocenters. The molecule has 0 amide bonds. The van der Waals surface area contributed by atoms with Gasteiger partial charge in [0.1, 0.15) is 0 Å². The minimum atomic E-state index is -0.920. The zero-order valence-corrected chi connectivity index (χ0v) is 10.1. The summed E-state index contributed by atoms with van der Waals surface area (Å²) in [5.41, 5.74) is 0.462. The van der Waals surface area contributed by atoms with Crippen molar-refractivity contribution in [3.63, 3.8) is 0 Å². The molecule has 0 fully saturated rings. The molecule has 1 aliphatic rings. The van der Waals surface area contributed by atoms with E-state index >= 15 is 0 Å². The zero-order chi connectivity index (χ0) is 12.7. The number of aliphatic hydroxyl groups excluding tert-OH is 1. The fourth-order valence-electron chi connectivity index (χ4n) is 2.04. The molecule has 1 aromatic carbocycles. The van der Waals surface area contributed by atoms with Gasteiger partial charge in [-0.1, -0.05) is 0 Å². The van der Waals surface area contributed by atoms with Gasteiger partial charge in [0.25, 0.3) is 0 Å². The molecule has 94 valence electrons. The summed E-state index contributed by atoms with van der Waals surface area (Å²) in [6.07, 6.45) is 4.30. The van der Waals surface area contributed by atoms with Crippen LogP contribution in [0.15, 0.2) is 35.7 Å². The van der Waals surface area contributed by atoms with Crippen LogP contribution < -0.4 is 0 Å². The number of hydrogen-bond donors (Lipinski definition) is 1. The predicted molar refractivity (Wildman–Crippen MR) is 63.2 cm³/mol. The van der Waals surface area contributed by atoms with Gasteiger partial charge in [-0.05, 0) is 17.7 Å².